The van der Waals surface area contributed by atoms with E-state index in [1.54, 1.807) is 25.1 Å². The molecule has 0 aliphatic rings. The van der Waals surface area contributed by atoms with Gasteiger partial charge in [0.2, 0.25) is 27.5 Å². The van der Waals surface area contributed by atoms with E-state index in [1.165, 1.54) is 33.3 Å². The van der Waals surface area contributed by atoms with Crippen LogP contribution in [0.4, 0.5) is 5.88 Å². The van der Waals surface area contributed by atoms with Gasteiger partial charge in [-0.1, -0.05) is 0 Å². The normalized spacial score (nSPS) is 11.4. The topological polar surface area (TPSA) is 99.7 Å². The van der Waals surface area contributed by atoms with Crippen molar-refractivity contribution >= 4 is 15.9 Å². The molecule has 0 aliphatic heterocycles. The molecular weight excluding hydrogens is 332 g/mol. The molecule has 0 atom stereocenters. The largest absolute Gasteiger partial charge is 0.495 e. The van der Waals surface area contributed by atoms with Gasteiger partial charge in [0.05, 0.1) is 7.11 Å². The van der Waals surface area contributed by atoms with Crippen molar-refractivity contribution in [2.75, 3.05) is 40.2 Å². The van der Waals surface area contributed by atoms with Gasteiger partial charge < -0.3 is 14.1 Å². The second kappa shape index (κ2) is 6.51. The number of ether oxygens (including phenoxy) is 1. The zero-order valence-corrected chi connectivity index (χ0v) is 14.9. The Labute approximate surface area is 140 Å². The molecule has 1 aromatic carbocycles. The number of hydrogen-bond donors (Lipinski definition) is 0. The van der Waals surface area contributed by atoms with E-state index in [0.717, 1.165) is 4.31 Å². The lowest BCUT2D eigenvalue weighted by atomic mass is 10.2. The predicted molar refractivity (Wildman–Crippen MR) is 88.4 cm³/mol. The Kier molecular flexibility index (Phi) is 4.82. The van der Waals surface area contributed by atoms with Gasteiger partial charge in [-0.25, -0.2) is 12.7 Å². The summed E-state index contributed by atoms with van der Waals surface area (Å²) in [4.78, 5) is 5.74. The van der Waals surface area contributed by atoms with E-state index in [9.17, 15) is 8.42 Å². The van der Waals surface area contributed by atoms with Gasteiger partial charge in [0, 0.05) is 33.8 Å². The molecule has 0 unspecified atom stereocenters. The van der Waals surface area contributed by atoms with Crippen molar-refractivity contribution in [1.82, 2.24) is 9.29 Å². The summed E-state index contributed by atoms with van der Waals surface area (Å²) < 4.78 is 36.8. The highest BCUT2D eigenvalue weighted by molar-refractivity contribution is 7.89. The summed E-state index contributed by atoms with van der Waals surface area (Å²) in [6.45, 7) is 0. The molecule has 0 saturated carbocycles. The molecule has 0 aliphatic carbocycles. The molecule has 24 heavy (non-hydrogen) atoms. The summed E-state index contributed by atoms with van der Waals surface area (Å²) in [6, 6.07) is 6.52. The SMILES string of the molecule is COc1ccc(-c2nc(C#N)c(N(C)C)o2)cc1S(=O)(=O)N(C)C. The van der Waals surface area contributed by atoms with Crippen LogP contribution in [0.3, 0.4) is 0 Å². The van der Waals surface area contributed by atoms with Crippen molar-refractivity contribution in [1.29, 1.82) is 5.26 Å². The third-order valence-electron chi connectivity index (χ3n) is 3.29. The fraction of sp³-hybridized carbons (Fsp3) is 0.333. The first-order valence-electron chi connectivity index (χ1n) is 6.91. The number of hydrogen-bond acceptors (Lipinski definition) is 7. The van der Waals surface area contributed by atoms with Crippen LogP contribution in [0.15, 0.2) is 27.5 Å². The van der Waals surface area contributed by atoms with Crippen LogP contribution in [0, 0.1) is 11.3 Å². The first-order valence-corrected chi connectivity index (χ1v) is 8.35. The second-order valence-electron chi connectivity index (χ2n) is 5.33. The number of nitrogens with zero attached hydrogens (tertiary/aromatic N) is 4. The summed E-state index contributed by atoms with van der Waals surface area (Å²) in [5.74, 6) is 0.681. The standard InChI is InChI=1S/C15H18N4O4S/c1-18(2)15-11(9-16)17-14(23-15)10-6-7-12(22-5)13(8-10)24(20,21)19(3)4/h6-8H,1-5H3. The van der Waals surface area contributed by atoms with Crippen LogP contribution in [0.1, 0.15) is 5.69 Å². The van der Waals surface area contributed by atoms with Gasteiger partial charge in [-0.15, -0.1) is 0 Å². The van der Waals surface area contributed by atoms with Crippen molar-refractivity contribution in [2.45, 2.75) is 4.90 Å². The summed E-state index contributed by atoms with van der Waals surface area (Å²) in [5.41, 5.74) is 0.559. The Morgan fingerprint density at radius 2 is 1.92 bits per heavy atom. The van der Waals surface area contributed by atoms with Crippen LogP contribution in [0.2, 0.25) is 0 Å². The van der Waals surface area contributed by atoms with E-state index in [1.807, 2.05) is 6.07 Å². The molecule has 1 aromatic heterocycles. The van der Waals surface area contributed by atoms with Crippen molar-refractivity contribution < 1.29 is 17.6 Å². The van der Waals surface area contributed by atoms with Crippen LogP contribution in [0.25, 0.3) is 11.5 Å². The lowest BCUT2D eigenvalue weighted by molar-refractivity contribution is 0.400. The third-order valence-corrected chi connectivity index (χ3v) is 5.13. The number of aromatic nitrogens is 1. The summed E-state index contributed by atoms with van der Waals surface area (Å²) in [5, 5.41) is 9.14. The van der Waals surface area contributed by atoms with Gasteiger partial charge in [0.25, 0.3) is 0 Å². The van der Waals surface area contributed by atoms with Crippen LogP contribution >= 0.6 is 0 Å². The van der Waals surface area contributed by atoms with Crippen LogP contribution in [-0.2, 0) is 10.0 Å². The zero-order valence-electron chi connectivity index (χ0n) is 14.1. The molecule has 2 aromatic rings. The highest BCUT2D eigenvalue weighted by Gasteiger charge is 2.24. The number of sulfonamides is 1. The molecule has 0 amide bonds. The number of methoxy groups -OCH3 is 1. The highest BCUT2D eigenvalue weighted by atomic mass is 32.2. The monoisotopic (exact) mass is 350 g/mol. The number of nitriles is 1. The number of oxazole rings is 1. The average molecular weight is 350 g/mol. The number of anilines is 1. The molecular formula is C15H18N4O4S. The maximum Gasteiger partial charge on any atom is 0.246 e. The van der Waals surface area contributed by atoms with E-state index in [0.29, 0.717) is 11.4 Å². The fourth-order valence-electron chi connectivity index (χ4n) is 2.02. The summed E-state index contributed by atoms with van der Waals surface area (Å²) >= 11 is 0. The third kappa shape index (κ3) is 3.06. The Balaban J connectivity index is 2.64. The van der Waals surface area contributed by atoms with Crippen molar-refractivity contribution in [2.24, 2.45) is 0 Å². The first kappa shape index (κ1) is 17.8. The van der Waals surface area contributed by atoms with Crippen molar-refractivity contribution in [3.63, 3.8) is 0 Å². The van der Waals surface area contributed by atoms with Gasteiger partial charge in [-0.2, -0.15) is 10.2 Å². The average Bonchev–Trinajstić information content (AvgIpc) is 2.98. The van der Waals surface area contributed by atoms with E-state index >= 15 is 0 Å². The number of benzene rings is 1. The fourth-order valence-corrected chi connectivity index (χ4v) is 3.09. The molecule has 0 fully saturated rings. The van der Waals surface area contributed by atoms with E-state index in [2.05, 4.69) is 4.98 Å². The van der Waals surface area contributed by atoms with Gasteiger partial charge in [-0.05, 0) is 18.2 Å². The van der Waals surface area contributed by atoms with E-state index in [4.69, 9.17) is 14.4 Å². The maximum atomic E-state index is 12.5. The molecule has 128 valence electrons. The van der Waals surface area contributed by atoms with Crippen molar-refractivity contribution in [3.05, 3.63) is 23.9 Å². The molecule has 0 N–H and O–H groups in total. The lowest BCUT2D eigenvalue weighted by Gasteiger charge is -2.15. The van der Waals surface area contributed by atoms with Gasteiger partial charge in [0.1, 0.15) is 16.7 Å². The first-order chi connectivity index (χ1) is 11.2. The molecule has 9 heteroatoms. The Hall–Kier alpha value is -2.57. The minimum Gasteiger partial charge on any atom is -0.495 e. The quantitative estimate of drug-likeness (QED) is 0.806. The van der Waals surface area contributed by atoms with Gasteiger partial charge >= 0.3 is 0 Å². The predicted octanol–water partition coefficient (Wildman–Crippen LogP) is 1.54. The summed E-state index contributed by atoms with van der Waals surface area (Å²) in [7, 11) is 4.00. The second-order valence-corrected chi connectivity index (χ2v) is 7.45. The summed E-state index contributed by atoms with van der Waals surface area (Å²) in [6.07, 6.45) is 0. The molecule has 1 heterocycles. The van der Waals surface area contributed by atoms with Crippen molar-refractivity contribution in [3.8, 4) is 23.3 Å². The lowest BCUT2D eigenvalue weighted by Crippen LogP contribution is -2.22. The molecule has 2 rings (SSSR count). The van der Waals surface area contributed by atoms with Crippen LogP contribution < -0.4 is 9.64 Å². The number of rotatable bonds is 5. The minimum atomic E-state index is -3.71. The van der Waals surface area contributed by atoms with E-state index in [-0.39, 0.29) is 22.2 Å². The highest BCUT2D eigenvalue weighted by Crippen LogP contribution is 2.33. The molecule has 0 saturated heterocycles. The Morgan fingerprint density at radius 3 is 2.38 bits per heavy atom. The minimum absolute atomic E-state index is 0.00406. The zero-order chi connectivity index (χ0) is 18.1. The molecule has 0 radical (unpaired) electrons. The maximum absolute atomic E-state index is 12.5. The van der Waals surface area contributed by atoms with E-state index < -0.39 is 10.0 Å². The van der Waals surface area contributed by atoms with Gasteiger partial charge in [-0.3, -0.25) is 0 Å². The Morgan fingerprint density at radius 1 is 1.25 bits per heavy atom. The molecule has 0 spiro atoms. The molecule has 0 bridgehead atoms. The van der Waals surface area contributed by atoms with Gasteiger partial charge in [0.15, 0.2) is 0 Å². The Bertz CT molecular complexity index is 895. The molecule has 8 nitrogen and oxygen atoms in total. The van der Waals surface area contributed by atoms with Crippen LogP contribution in [0.5, 0.6) is 5.75 Å². The smallest absolute Gasteiger partial charge is 0.246 e. The van der Waals surface area contributed by atoms with Crippen LogP contribution in [-0.4, -0.2) is 53.0 Å².